The van der Waals surface area contributed by atoms with Gasteiger partial charge >= 0.3 is 0 Å². The monoisotopic (exact) mass is 397 g/mol. The Morgan fingerprint density at radius 2 is 1.69 bits per heavy atom. The van der Waals surface area contributed by atoms with Crippen LogP contribution in [0.2, 0.25) is 0 Å². The number of ether oxygens (including phenoxy) is 2. The van der Waals surface area contributed by atoms with Crippen molar-refractivity contribution in [2.45, 2.75) is 6.54 Å². The van der Waals surface area contributed by atoms with Crippen molar-refractivity contribution in [3.63, 3.8) is 0 Å². The number of halogens is 1. The molecule has 1 N–H and O–H groups in total. The minimum absolute atomic E-state index is 0.164. The van der Waals surface area contributed by atoms with E-state index in [1.807, 2.05) is 0 Å². The predicted molar refractivity (Wildman–Crippen MR) is 106 cm³/mol. The third-order valence-corrected chi connectivity index (χ3v) is 4.27. The molecular weight excluding hydrogens is 377 g/mol. The first-order chi connectivity index (χ1) is 14.0. The van der Waals surface area contributed by atoms with E-state index in [-0.39, 0.29) is 35.9 Å². The highest BCUT2D eigenvalue weighted by atomic mass is 19.1. The van der Waals surface area contributed by atoms with Gasteiger partial charge in [0.15, 0.2) is 0 Å². The number of benzene rings is 2. The van der Waals surface area contributed by atoms with E-state index in [9.17, 15) is 14.0 Å². The summed E-state index contributed by atoms with van der Waals surface area (Å²) in [6, 6.07) is 13.8. The predicted octanol–water partition coefficient (Wildman–Crippen LogP) is 2.50. The molecule has 0 atom stereocenters. The molecule has 1 amide bonds. The van der Waals surface area contributed by atoms with Gasteiger partial charge in [-0.3, -0.25) is 9.59 Å². The molecular formula is C21H20FN3O4. The van der Waals surface area contributed by atoms with E-state index in [1.165, 1.54) is 37.1 Å². The van der Waals surface area contributed by atoms with E-state index >= 15 is 0 Å². The maximum atomic E-state index is 13.1. The summed E-state index contributed by atoms with van der Waals surface area (Å²) in [5, 5.41) is 7.03. The summed E-state index contributed by atoms with van der Waals surface area (Å²) in [4.78, 5) is 24.7. The highest BCUT2D eigenvalue weighted by Gasteiger charge is 2.17. The lowest BCUT2D eigenvalue weighted by Crippen LogP contribution is -2.32. The number of hydrogen-bond acceptors (Lipinski definition) is 5. The van der Waals surface area contributed by atoms with Gasteiger partial charge in [-0.25, -0.2) is 9.07 Å². The van der Waals surface area contributed by atoms with Crippen LogP contribution in [-0.4, -0.2) is 36.5 Å². The molecule has 1 aromatic heterocycles. The number of amides is 1. The zero-order valence-corrected chi connectivity index (χ0v) is 16.0. The average Bonchev–Trinajstić information content (AvgIpc) is 2.74. The molecule has 3 rings (SSSR count). The lowest BCUT2D eigenvalue weighted by Gasteiger charge is -2.13. The van der Waals surface area contributed by atoms with Gasteiger partial charge in [0.1, 0.15) is 22.9 Å². The summed E-state index contributed by atoms with van der Waals surface area (Å²) < 4.78 is 24.8. The molecule has 0 spiro atoms. The molecule has 0 aliphatic heterocycles. The maximum absolute atomic E-state index is 13.1. The molecule has 0 aliphatic rings. The van der Waals surface area contributed by atoms with Crippen LogP contribution >= 0.6 is 0 Å². The average molecular weight is 397 g/mol. The Morgan fingerprint density at radius 3 is 2.31 bits per heavy atom. The Morgan fingerprint density at radius 1 is 1.03 bits per heavy atom. The van der Waals surface area contributed by atoms with Crippen LogP contribution in [0.1, 0.15) is 10.4 Å². The summed E-state index contributed by atoms with van der Waals surface area (Å²) in [7, 11) is 2.94. The molecule has 29 heavy (non-hydrogen) atoms. The van der Waals surface area contributed by atoms with E-state index in [0.717, 1.165) is 0 Å². The fraction of sp³-hybridized carbons (Fsp3) is 0.190. The van der Waals surface area contributed by atoms with E-state index in [0.29, 0.717) is 22.8 Å². The number of carbonyl (C=O) groups is 1. The van der Waals surface area contributed by atoms with Gasteiger partial charge < -0.3 is 14.8 Å². The van der Waals surface area contributed by atoms with E-state index in [2.05, 4.69) is 10.4 Å². The lowest BCUT2D eigenvalue weighted by atomic mass is 10.1. The summed E-state index contributed by atoms with van der Waals surface area (Å²) in [5.74, 6) is 0.0319. The van der Waals surface area contributed by atoms with Gasteiger partial charge in [-0.2, -0.15) is 5.10 Å². The van der Waals surface area contributed by atoms with Gasteiger partial charge in [0.05, 0.1) is 26.5 Å². The molecule has 0 radical (unpaired) electrons. The molecule has 7 nitrogen and oxygen atoms in total. The van der Waals surface area contributed by atoms with Crippen LogP contribution in [0.4, 0.5) is 4.39 Å². The van der Waals surface area contributed by atoms with Gasteiger partial charge in [0.2, 0.25) is 0 Å². The Bertz CT molecular complexity index is 1040. The molecule has 1 heterocycles. The van der Waals surface area contributed by atoms with Crippen LogP contribution < -0.4 is 20.3 Å². The van der Waals surface area contributed by atoms with E-state index in [4.69, 9.17) is 9.47 Å². The van der Waals surface area contributed by atoms with Gasteiger partial charge in [0, 0.05) is 18.2 Å². The van der Waals surface area contributed by atoms with Crippen LogP contribution in [0.3, 0.4) is 0 Å². The fourth-order valence-corrected chi connectivity index (χ4v) is 2.82. The molecule has 0 saturated carbocycles. The largest absolute Gasteiger partial charge is 0.496 e. The third kappa shape index (κ3) is 4.60. The maximum Gasteiger partial charge on any atom is 0.266 e. The zero-order chi connectivity index (χ0) is 20.8. The van der Waals surface area contributed by atoms with Gasteiger partial charge in [0.25, 0.3) is 11.5 Å². The normalized spacial score (nSPS) is 10.4. The summed E-state index contributed by atoms with van der Waals surface area (Å²) in [6.45, 7) is 0.330. The second-order valence-corrected chi connectivity index (χ2v) is 6.08. The molecule has 0 saturated heterocycles. The van der Waals surface area contributed by atoms with Gasteiger partial charge in [-0.05, 0) is 42.5 Å². The number of methoxy groups -OCH3 is 2. The first-order valence-electron chi connectivity index (χ1n) is 8.87. The number of hydrogen-bond donors (Lipinski definition) is 1. The Kier molecular flexibility index (Phi) is 6.23. The van der Waals surface area contributed by atoms with Crippen molar-refractivity contribution in [3.05, 3.63) is 76.3 Å². The quantitative estimate of drug-likeness (QED) is 0.662. The highest BCUT2D eigenvalue weighted by Crippen LogP contribution is 2.27. The lowest BCUT2D eigenvalue weighted by molar-refractivity contribution is 0.0945. The first kappa shape index (κ1) is 20.1. The zero-order valence-electron chi connectivity index (χ0n) is 16.0. The first-order valence-corrected chi connectivity index (χ1v) is 8.87. The second-order valence-electron chi connectivity index (χ2n) is 6.08. The van der Waals surface area contributed by atoms with Gasteiger partial charge in [-0.1, -0.05) is 6.07 Å². The number of nitrogens with zero attached hydrogens (tertiary/aromatic N) is 2. The van der Waals surface area contributed by atoms with Crippen molar-refractivity contribution < 1.29 is 18.7 Å². The number of aromatic nitrogens is 2. The Labute approximate surface area is 166 Å². The molecule has 0 fully saturated rings. The van der Waals surface area contributed by atoms with Crippen LogP contribution in [0, 0.1) is 5.82 Å². The summed E-state index contributed by atoms with van der Waals surface area (Å²) in [5.41, 5.74) is 1.18. The molecule has 3 aromatic rings. The van der Waals surface area contributed by atoms with Crippen molar-refractivity contribution in [2.24, 2.45) is 0 Å². The van der Waals surface area contributed by atoms with Crippen LogP contribution in [-0.2, 0) is 6.54 Å². The van der Waals surface area contributed by atoms with Crippen molar-refractivity contribution in [1.29, 1.82) is 0 Å². The highest BCUT2D eigenvalue weighted by molar-refractivity contribution is 5.99. The van der Waals surface area contributed by atoms with Gasteiger partial charge in [-0.15, -0.1) is 0 Å². The van der Waals surface area contributed by atoms with E-state index in [1.54, 1.807) is 36.4 Å². The molecule has 8 heteroatoms. The van der Waals surface area contributed by atoms with Crippen molar-refractivity contribution in [2.75, 3.05) is 20.8 Å². The molecule has 2 aromatic carbocycles. The summed E-state index contributed by atoms with van der Waals surface area (Å²) >= 11 is 0. The summed E-state index contributed by atoms with van der Waals surface area (Å²) in [6.07, 6.45) is 0. The van der Waals surface area contributed by atoms with Crippen LogP contribution in [0.25, 0.3) is 11.3 Å². The number of nitrogens with one attached hydrogen (secondary N) is 1. The number of carbonyl (C=O) groups excluding carboxylic acids is 1. The standard InChI is InChI=1S/C21H20FN3O4/c1-28-17-4-3-5-18(29-2)20(17)21(27)23-12-13-25-19(26)11-10-16(24-25)14-6-8-15(22)9-7-14/h3-11H,12-13H2,1-2H3,(H,23,27). The minimum atomic E-state index is -0.387. The second kappa shape index (κ2) is 9.01. The topological polar surface area (TPSA) is 82.4 Å². The Balaban J connectivity index is 1.73. The number of rotatable bonds is 7. The van der Waals surface area contributed by atoms with Crippen molar-refractivity contribution >= 4 is 5.91 Å². The van der Waals surface area contributed by atoms with Crippen molar-refractivity contribution in [3.8, 4) is 22.8 Å². The smallest absolute Gasteiger partial charge is 0.266 e. The van der Waals surface area contributed by atoms with Crippen LogP contribution in [0.5, 0.6) is 11.5 Å². The van der Waals surface area contributed by atoms with Crippen LogP contribution in [0.15, 0.2) is 59.4 Å². The van der Waals surface area contributed by atoms with E-state index < -0.39 is 0 Å². The SMILES string of the molecule is COc1cccc(OC)c1C(=O)NCCn1nc(-c2ccc(F)cc2)ccc1=O. The Hall–Kier alpha value is -3.68. The molecule has 0 aliphatic carbocycles. The fourth-order valence-electron chi connectivity index (χ4n) is 2.82. The molecule has 0 bridgehead atoms. The molecule has 0 unspecified atom stereocenters. The molecule has 150 valence electrons. The minimum Gasteiger partial charge on any atom is -0.496 e. The third-order valence-electron chi connectivity index (χ3n) is 4.27. The van der Waals surface area contributed by atoms with Crippen molar-refractivity contribution in [1.82, 2.24) is 15.1 Å².